The normalized spacial score (nSPS) is 10.1. The number of hydrogen-bond acceptors (Lipinski definition) is 4. The van der Waals surface area contributed by atoms with E-state index in [9.17, 15) is 10.1 Å². The summed E-state index contributed by atoms with van der Waals surface area (Å²) in [4.78, 5) is 14.3. The van der Waals surface area contributed by atoms with Crippen molar-refractivity contribution in [3.05, 3.63) is 55.6 Å². The summed E-state index contributed by atoms with van der Waals surface area (Å²) in [5.41, 5.74) is -0.0513. The fourth-order valence-corrected chi connectivity index (χ4v) is 1.98. The van der Waals surface area contributed by atoms with Gasteiger partial charge >= 0.3 is 0 Å². The minimum absolute atomic E-state index is 0.0513. The predicted octanol–water partition coefficient (Wildman–Crippen LogP) is 4.31. The van der Waals surface area contributed by atoms with Crippen molar-refractivity contribution in [2.24, 2.45) is 0 Å². The lowest BCUT2D eigenvalue weighted by atomic mass is 10.3. The number of benzene rings is 1. The molecule has 18 heavy (non-hydrogen) atoms. The predicted molar refractivity (Wildman–Crippen MR) is 72.8 cm³/mol. The van der Waals surface area contributed by atoms with E-state index < -0.39 is 4.92 Å². The molecule has 5 nitrogen and oxygen atoms in total. The first-order valence-electron chi connectivity index (χ1n) is 4.80. The number of hydrogen-bond donors (Lipinski definition) is 0. The molecule has 0 saturated carbocycles. The Morgan fingerprint density at radius 3 is 2.61 bits per heavy atom. The fourth-order valence-electron chi connectivity index (χ4n) is 1.25. The molecule has 2 rings (SSSR count). The second-order valence-electron chi connectivity index (χ2n) is 3.26. The molecule has 7 heteroatoms. The summed E-state index contributed by atoms with van der Waals surface area (Å²) < 4.78 is 6.59. The van der Waals surface area contributed by atoms with Gasteiger partial charge in [0.1, 0.15) is 4.47 Å². The van der Waals surface area contributed by atoms with Crippen LogP contribution in [0.15, 0.2) is 45.5 Å². The number of nitrogens with zero attached hydrogens (tertiary/aromatic N) is 2. The van der Waals surface area contributed by atoms with Crippen molar-refractivity contribution in [2.75, 3.05) is 0 Å². The van der Waals surface area contributed by atoms with Gasteiger partial charge in [-0.15, -0.1) is 0 Å². The average molecular weight is 374 g/mol. The Hall–Kier alpha value is -1.47. The molecular formula is C11H6Br2N2O3. The van der Waals surface area contributed by atoms with Gasteiger partial charge in [0.2, 0.25) is 5.88 Å². The maximum absolute atomic E-state index is 10.8. The molecule has 0 saturated heterocycles. The number of nitro benzene ring substituents is 1. The Morgan fingerprint density at radius 1 is 1.22 bits per heavy atom. The minimum Gasteiger partial charge on any atom is -0.438 e. The zero-order valence-corrected chi connectivity index (χ0v) is 12.0. The molecule has 0 amide bonds. The van der Waals surface area contributed by atoms with Gasteiger partial charge in [-0.25, -0.2) is 4.98 Å². The molecule has 0 bridgehead atoms. The molecular weight excluding hydrogens is 368 g/mol. The highest BCUT2D eigenvalue weighted by Crippen LogP contribution is 2.35. The number of aromatic nitrogens is 1. The Kier molecular flexibility index (Phi) is 3.93. The van der Waals surface area contributed by atoms with E-state index in [0.29, 0.717) is 16.1 Å². The second kappa shape index (κ2) is 5.45. The van der Waals surface area contributed by atoms with Gasteiger partial charge in [-0.3, -0.25) is 10.1 Å². The van der Waals surface area contributed by atoms with Crippen LogP contribution in [0.4, 0.5) is 5.69 Å². The molecule has 2 aromatic rings. The maximum atomic E-state index is 10.8. The Bertz CT molecular complexity index is 587. The first-order chi connectivity index (χ1) is 8.58. The standard InChI is InChI=1S/C11H6Br2N2O3/c12-7-4-5-10(14-6-7)18-9-3-1-2-8(11(9)13)15(16)17/h1-6H. The van der Waals surface area contributed by atoms with Crippen LogP contribution < -0.4 is 4.74 Å². The molecule has 92 valence electrons. The number of halogens is 2. The third-order valence-corrected chi connectivity index (χ3v) is 3.32. The van der Waals surface area contributed by atoms with E-state index in [-0.39, 0.29) is 5.69 Å². The zero-order valence-electron chi connectivity index (χ0n) is 8.84. The highest BCUT2D eigenvalue weighted by atomic mass is 79.9. The number of pyridine rings is 1. The largest absolute Gasteiger partial charge is 0.438 e. The van der Waals surface area contributed by atoms with Crippen LogP contribution in [0.5, 0.6) is 11.6 Å². The summed E-state index contributed by atoms with van der Waals surface area (Å²) in [5.74, 6) is 0.707. The molecule has 0 N–H and O–H groups in total. The Balaban J connectivity index is 2.32. The molecule has 1 heterocycles. The van der Waals surface area contributed by atoms with Crippen LogP contribution >= 0.6 is 31.9 Å². The van der Waals surface area contributed by atoms with Crippen molar-refractivity contribution in [3.8, 4) is 11.6 Å². The molecule has 0 aliphatic carbocycles. The first-order valence-corrected chi connectivity index (χ1v) is 6.39. The van der Waals surface area contributed by atoms with E-state index in [1.54, 1.807) is 30.5 Å². The molecule has 1 aromatic carbocycles. The SMILES string of the molecule is O=[N+]([O-])c1cccc(Oc2ccc(Br)cn2)c1Br. The minimum atomic E-state index is -0.480. The van der Waals surface area contributed by atoms with Crippen LogP contribution in [0.1, 0.15) is 0 Å². The van der Waals surface area contributed by atoms with Gasteiger partial charge in [0.05, 0.1) is 4.92 Å². The van der Waals surface area contributed by atoms with Crippen molar-refractivity contribution >= 4 is 37.5 Å². The van der Waals surface area contributed by atoms with E-state index in [1.807, 2.05) is 0 Å². The molecule has 0 aliphatic rings. The number of nitro groups is 1. The van der Waals surface area contributed by atoms with Crippen LogP contribution in [0.3, 0.4) is 0 Å². The lowest BCUT2D eigenvalue weighted by Crippen LogP contribution is -1.93. The molecule has 0 radical (unpaired) electrons. The molecule has 0 atom stereocenters. The highest BCUT2D eigenvalue weighted by molar-refractivity contribution is 9.11. The van der Waals surface area contributed by atoms with Crippen LogP contribution in [0.25, 0.3) is 0 Å². The second-order valence-corrected chi connectivity index (χ2v) is 4.97. The monoisotopic (exact) mass is 372 g/mol. The van der Waals surface area contributed by atoms with Gasteiger partial charge in [0, 0.05) is 22.8 Å². The number of ether oxygens (including phenoxy) is 1. The van der Waals surface area contributed by atoms with Crippen LogP contribution in [0.2, 0.25) is 0 Å². The van der Waals surface area contributed by atoms with Crippen LogP contribution in [0, 0.1) is 10.1 Å². The molecule has 1 aromatic heterocycles. The zero-order chi connectivity index (χ0) is 13.1. The van der Waals surface area contributed by atoms with E-state index in [1.165, 1.54) is 6.07 Å². The third-order valence-electron chi connectivity index (χ3n) is 2.05. The van der Waals surface area contributed by atoms with Gasteiger partial charge in [-0.1, -0.05) is 6.07 Å². The quantitative estimate of drug-likeness (QED) is 0.594. The first kappa shape index (κ1) is 13.0. The lowest BCUT2D eigenvalue weighted by Gasteiger charge is -2.06. The lowest BCUT2D eigenvalue weighted by molar-refractivity contribution is -0.385. The van der Waals surface area contributed by atoms with Crippen LogP contribution in [-0.4, -0.2) is 9.91 Å². The van der Waals surface area contributed by atoms with E-state index in [2.05, 4.69) is 36.8 Å². The van der Waals surface area contributed by atoms with Gasteiger partial charge in [0.25, 0.3) is 5.69 Å². The molecule has 0 aliphatic heterocycles. The van der Waals surface area contributed by atoms with Crippen LogP contribution in [-0.2, 0) is 0 Å². The summed E-state index contributed by atoms with van der Waals surface area (Å²) in [6.07, 6.45) is 1.58. The van der Waals surface area contributed by atoms with Crippen molar-refractivity contribution in [2.45, 2.75) is 0 Å². The van der Waals surface area contributed by atoms with Crippen molar-refractivity contribution in [1.29, 1.82) is 0 Å². The van der Waals surface area contributed by atoms with Gasteiger partial charge in [0.15, 0.2) is 5.75 Å². The topological polar surface area (TPSA) is 65.3 Å². The summed E-state index contributed by atoms with van der Waals surface area (Å²) in [6.45, 7) is 0. The molecule has 0 fully saturated rings. The molecule has 0 spiro atoms. The summed E-state index contributed by atoms with van der Waals surface area (Å²) in [5, 5.41) is 10.8. The Labute approximate surface area is 119 Å². The maximum Gasteiger partial charge on any atom is 0.287 e. The smallest absolute Gasteiger partial charge is 0.287 e. The van der Waals surface area contributed by atoms with Crippen molar-refractivity contribution in [1.82, 2.24) is 4.98 Å². The van der Waals surface area contributed by atoms with Gasteiger partial charge < -0.3 is 4.74 Å². The fraction of sp³-hybridized carbons (Fsp3) is 0. The van der Waals surface area contributed by atoms with Gasteiger partial charge in [-0.2, -0.15) is 0 Å². The van der Waals surface area contributed by atoms with Crippen molar-refractivity contribution < 1.29 is 9.66 Å². The van der Waals surface area contributed by atoms with E-state index >= 15 is 0 Å². The van der Waals surface area contributed by atoms with E-state index in [4.69, 9.17) is 4.74 Å². The summed E-state index contributed by atoms with van der Waals surface area (Å²) in [6, 6.07) is 8.01. The number of rotatable bonds is 3. The Morgan fingerprint density at radius 2 is 2.00 bits per heavy atom. The van der Waals surface area contributed by atoms with Gasteiger partial charge in [-0.05, 0) is 44.0 Å². The summed E-state index contributed by atoms with van der Waals surface area (Å²) >= 11 is 6.41. The van der Waals surface area contributed by atoms with E-state index in [0.717, 1.165) is 4.47 Å². The summed E-state index contributed by atoms with van der Waals surface area (Å²) in [7, 11) is 0. The highest BCUT2D eigenvalue weighted by Gasteiger charge is 2.16. The molecule has 0 unspecified atom stereocenters. The average Bonchev–Trinajstić information content (AvgIpc) is 2.34. The van der Waals surface area contributed by atoms with Crippen molar-refractivity contribution in [3.63, 3.8) is 0 Å². The third kappa shape index (κ3) is 2.85.